The van der Waals surface area contributed by atoms with Crippen LogP contribution in [0.4, 0.5) is 24.8 Å². The highest BCUT2D eigenvalue weighted by atomic mass is 19.2. The van der Waals surface area contributed by atoms with Gasteiger partial charge in [0.05, 0.1) is 19.8 Å². The minimum absolute atomic E-state index is 0.0741. The second-order valence-electron chi connectivity index (χ2n) is 7.42. The van der Waals surface area contributed by atoms with Crippen molar-refractivity contribution in [1.29, 1.82) is 0 Å². The van der Waals surface area contributed by atoms with E-state index in [1.165, 1.54) is 10.8 Å². The summed E-state index contributed by atoms with van der Waals surface area (Å²) in [4.78, 5) is 16.5. The van der Waals surface area contributed by atoms with E-state index in [9.17, 15) is 23.1 Å². The SMILES string of the molecule is Cc1cc2c(cc1Nc1nc(=O)c(CCO)cn1Cc1cc(F)c(F)c(F)c1)COC2. The number of halogens is 3. The van der Waals surface area contributed by atoms with Crippen molar-refractivity contribution in [3.63, 3.8) is 0 Å². The molecular weight excluding hydrogens is 411 g/mol. The molecule has 1 aromatic heterocycles. The third-order valence-corrected chi connectivity index (χ3v) is 5.15. The van der Waals surface area contributed by atoms with Crippen LogP contribution in [0.25, 0.3) is 0 Å². The molecular formula is C22H20F3N3O3. The van der Waals surface area contributed by atoms with Crippen LogP contribution in [-0.4, -0.2) is 21.3 Å². The predicted molar refractivity (Wildman–Crippen MR) is 108 cm³/mol. The Kier molecular flexibility index (Phi) is 5.79. The summed E-state index contributed by atoms with van der Waals surface area (Å²) in [5.41, 5.74) is 3.59. The van der Waals surface area contributed by atoms with E-state index < -0.39 is 23.0 Å². The average molecular weight is 431 g/mol. The quantitative estimate of drug-likeness (QED) is 0.586. The first-order chi connectivity index (χ1) is 14.9. The molecule has 0 aliphatic carbocycles. The molecule has 1 aliphatic rings. The molecule has 0 saturated heterocycles. The molecule has 2 aromatic carbocycles. The van der Waals surface area contributed by atoms with Crippen LogP contribution in [0.3, 0.4) is 0 Å². The normalized spacial score (nSPS) is 12.8. The fourth-order valence-corrected chi connectivity index (χ4v) is 3.55. The summed E-state index contributed by atoms with van der Waals surface area (Å²) in [7, 11) is 0. The van der Waals surface area contributed by atoms with Gasteiger partial charge in [0.1, 0.15) is 0 Å². The maximum atomic E-state index is 13.7. The van der Waals surface area contributed by atoms with Gasteiger partial charge < -0.3 is 19.7 Å². The number of hydrogen-bond donors (Lipinski definition) is 2. The summed E-state index contributed by atoms with van der Waals surface area (Å²) in [5, 5.41) is 12.3. The highest BCUT2D eigenvalue weighted by Crippen LogP contribution is 2.28. The van der Waals surface area contributed by atoms with E-state index in [4.69, 9.17) is 4.74 Å². The van der Waals surface area contributed by atoms with Crippen LogP contribution in [0.5, 0.6) is 0 Å². The maximum absolute atomic E-state index is 13.7. The molecule has 0 atom stereocenters. The van der Waals surface area contributed by atoms with Crippen molar-refractivity contribution in [2.24, 2.45) is 0 Å². The summed E-state index contributed by atoms with van der Waals surface area (Å²) in [5.74, 6) is -4.00. The highest BCUT2D eigenvalue weighted by Gasteiger charge is 2.17. The van der Waals surface area contributed by atoms with Gasteiger partial charge in [-0.2, -0.15) is 4.98 Å². The first-order valence-corrected chi connectivity index (χ1v) is 9.67. The number of aromatic nitrogens is 2. The highest BCUT2D eigenvalue weighted by molar-refractivity contribution is 5.61. The molecule has 0 amide bonds. The van der Waals surface area contributed by atoms with Gasteiger partial charge in [0.25, 0.3) is 5.56 Å². The zero-order valence-corrected chi connectivity index (χ0v) is 16.7. The molecule has 0 radical (unpaired) electrons. The van der Waals surface area contributed by atoms with Crippen LogP contribution in [0.15, 0.2) is 35.3 Å². The minimum atomic E-state index is -1.54. The molecule has 162 valence electrons. The summed E-state index contributed by atoms with van der Waals surface area (Å²) in [6.07, 6.45) is 1.55. The number of hydrogen-bond acceptors (Lipinski definition) is 5. The Balaban J connectivity index is 1.75. The Morgan fingerprint density at radius 2 is 1.81 bits per heavy atom. The van der Waals surface area contributed by atoms with Gasteiger partial charge in [-0.05, 0) is 47.4 Å². The van der Waals surface area contributed by atoms with Crippen LogP contribution in [0.1, 0.15) is 27.8 Å². The summed E-state index contributed by atoms with van der Waals surface area (Å²) in [6.45, 7) is 2.59. The monoisotopic (exact) mass is 431 g/mol. The van der Waals surface area contributed by atoms with Gasteiger partial charge >= 0.3 is 0 Å². The van der Waals surface area contributed by atoms with E-state index in [1.807, 2.05) is 19.1 Å². The molecule has 1 aliphatic heterocycles. The zero-order valence-electron chi connectivity index (χ0n) is 16.7. The summed E-state index contributed by atoms with van der Waals surface area (Å²) >= 11 is 0. The topological polar surface area (TPSA) is 76.4 Å². The molecule has 3 aromatic rings. The number of ether oxygens (including phenoxy) is 1. The van der Waals surface area contributed by atoms with E-state index in [0.29, 0.717) is 18.9 Å². The van der Waals surface area contributed by atoms with Crippen LogP contribution in [-0.2, 0) is 30.9 Å². The lowest BCUT2D eigenvalue weighted by atomic mass is 10.1. The van der Waals surface area contributed by atoms with Crippen molar-refractivity contribution in [3.8, 4) is 0 Å². The van der Waals surface area contributed by atoms with Crippen molar-refractivity contribution >= 4 is 11.6 Å². The molecule has 2 heterocycles. The molecule has 0 unspecified atom stereocenters. The molecule has 9 heteroatoms. The predicted octanol–water partition coefficient (Wildman–Crippen LogP) is 3.33. The van der Waals surface area contributed by atoms with Gasteiger partial charge in [-0.25, -0.2) is 13.2 Å². The van der Waals surface area contributed by atoms with Gasteiger partial charge in [-0.3, -0.25) is 4.79 Å². The number of nitrogens with zero attached hydrogens (tertiary/aromatic N) is 2. The Hall–Kier alpha value is -3.17. The fraction of sp³-hybridized carbons (Fsp3) is 0.273. The van der Waals surface area contributed by atoms with Crippen molar-refractivity contribution in [1.82, 2.24) is 9.55 Å². The van der Waals surface area contributed by atoms with Crippen molar-refractivity contribution in [3.05, 3.63) is 86.1 Å². The van der Waals surface area contributed by atoms with E-state index in [2.05, 4.69) is 10.3 Å². The standard InChI is InChI=1S/C22H20F3N3O3/c1-12-4-15-10-31-11-16(15)7-19(12)26-22-27-21(30)14(2-3-29)9-28(22)8-13-5-17(23)20(25)18(24)6-13/h4-7,9,29H,2-3,8,10-11H2,1H3,(H,26,27,30). The van der Waals surface area contributed by atoms with Crippen LogP contribution >= 0.6 is 0 Å². The molecule has 0 saturated carbocycles. The molecule has 2 N–H and O–H groups in total. The third-order valence-electron chi connectivity index (χ3n) is 5.15. The van der Waals surface area contributed by atoms with Gasteiger partial charge in [-0.1, -0.05) is 6.07 Å². The first-order valence-electron chi connectivity index (χ1n) is 9.67. The Morgan fingerprint density at radius 1 is 1.13 bits per heavy atom. The van der Waals surface area contributed by atoms with E-state index >= 15 is 0 Å². The smallest absolute Gasteiger partial charge is 0.277 e. The number of aryl methyl sites for hydroxylation is 1. The van der Waals surface area contributed by atoms with E-state index in [1.54, 1.807) is 0 Å². The van der Waals surface area contributed by atoms with Crippen molar-refractivity contribution in [2.75, 3.05) is 11.9 Å². The van der Waals surface area contributed by atoms with Crippen molar-refractivity contribution in [2.45, 2.75) is 33.1 Å². The molecule has 31 heavy (non-hydrogen) atoms. The lowest BCUT2D eigenvalue weighted by Crippen LogP contribution is -2.22. The lowest BCUT2D eigenvalue weighted by Gasteiger charge is -2.17. The van der Waals surface area contributed by atoms with E-state index in [0.717, 1.165) is 28.8 Å². The number of rotatable bonds is 6. The number of nitrogens with one attached hydrogen (secondary N) is 1. The number of aliphatic hydroxyl groups is 1. The lowest BCUT2D eigenvalue weighted by molar-refractivity contribution is 0.134. The first kappa shape index (κ1) is 21.1. The van der Waals surface area contributed by atoms with E-state index in [-0.39, 0.29) is 36.6 Å². The van der Waals surface area contributed by atoms with Gasteiger partial charge in [0.15, 0.2) is 17.5 Å². The Morgan fingerprint density at radius 3 is 2.48 bits per heavy atom. The average Bonchev–Trinajstić information content (AvgIpc) is 3.17. The van der Waals surface area contributed by atoms with Gasteiger partial charge in [0.2, 0.25) is 5.95 Å². The summed E-state index contributed by atoms with van der Waals surface area (Å²) in [6, 6.07) is 5.68. The number of fused-ring (bicyclic) bond motifs is 1. The minimum Gasteiger partial charge on any atom is -0.396 e. The van der Waals surface area contributed by atoms with Crippen LogP contribution in [0, 0.1) is 24.4 Å². The van der Waals surface area contributed by atoms with Crippen LogP contribution in [0.2, 0.25) is 0 Å². The number of anilines is 2. The molecule has 6 nitrogen and oxygen atoms in total. The largest absolute Gasteiger partial charge is 0.396 e. The molecule has 0 spiro atoms. The Bertz CT molecular complexity index is 1190. The fourth-order valence-electron chi connectivity index (χ4n) is 3.55. The second kappa shape index (κ2) is 8.52. The van der Waals surface area contributed by atoms with Crippen molar-refractivity contribution < 1.29 is 23.0 Å². The van der Waals surface area contributed by atoms with Gasteiger partial charge in [0, 0.05) is 30.5 Å². The zero-order chi connectivity index (χ0) is 22.1. The molecule has 4 rings (SSSR count). The van der Waals surface area contributed by atoms with Crippen LogP contribution < -0.4 is 10.9 Å². The third kappa shape index (κ3) is 4.33. The second-order valence-corrected chi connectivity index (χ2v) is 7.42. The Labute approximate surface area is 175 Å². The molecule has 0 bridgehead atoms. The summed E-state index contributed by atoms with van der Waals surface area (Å²) < 4.78 is 47.6. The van der Waals surface area contributed by atoms with Gasteiger partial charge in [-0.15, -0.1) is 0 Å². The number of aliphatic hydroxyl groups excluding tert-OH is 1. The molecule has 0 fully saturated rings. The number of benzene rings is 2. The maximum Gasteiger partial charge on any atom is 0.277 e.